The number of carbonyl (C=O) groups excluding carboxylic acids is 1. The fraction of sp³-hybridized carbons (Fsp3) is 0.115. The number of anilines is 1. The minimum absolute atomic E-state index is 0.228. The number of benzene rings is 3. The summed E-state index contributed by atoms with van der Waals surface area (Å²) >= 11 is 1.62. The van der Waals surface area contributed by atoms with Gasteiger partial charge in [-0.05, 0) is 60.7 Å². The van der Waals surface area contributed by atoms with Crippen molar-refractivity contribution in [3.8, 4) is 16.9 Å². The standard InChI is InChI=1S/C26H22FNO3S/c1-16(11-26(29)28-19-5-4-6-20(12-19)32-3)21-13-22-23(17-7-9-18(27)10-8-17)15-31-25(22)14-24(21)30-2/h4-15H,1-3H3,(H,28,29)/b16-11+. The van der Waals surface area contributed by atoms with Crippen molar-refractivity contribution in [2.24, 2.45) is 0 Å². The second-order valence-electron chi connectivity index (χ2n) is 7.25. The van der Waals surface area contributed by atoms with E-state index in [0.29, 0.717) is 11.3 Å². The van der Waals surface area contributed by atoms with E-state index in [1.165, 1.54) is 12.1 Å². The van der Waals surface area contributed by atoms with Crippen LogP contribution in [0.5, 0.6) is 5.75 Å². The lowest BCUT2D eigenvalue weighted by Crippen LogP contribution is -2.08. The van der Waals surface area contributed by atoms with Crippen molar-refractivity contribution in [2.75, 3.05) is 18.7 Å². The molecular weight excluding hydrogens is 425 g/mol. The average molecular weight is 448 g/mol. The van der Waals surface area contributed by atoms with E-state index < -0.39 is 0 Å². The van der Waals surface area contributed by atoms with Crippen LogP contribution in [-0.4, -0.2) is 19.3 Å². The van der Waals surface area contributed by atoms with E-state index in [9.17, 15) is 9.18 Å². The molecule has 0 aliphatic heterocycles. The van der Waals surface area contributed by atoms with Crippen LogP contribution in [0.2, 0.25) is 0 Å². The van der Waals surface area contributed by atoms with E-state index in [4.69, 9.17) is 9.15 Å². The Morgan fingerprint density at radius 1 is 1.12 bits per heavy atom. The molecule has 1 aromatic heterocycles. The van der Waals surface area contributed by atoms with Gasteiger partial charge in [0.05, 0.1) is 13.4 Å². The fourth-order valence-corrected chi connectivity index (χ4v) is 4.00. The summed E-state index contributed by atoms with van der Waals surface area (Å²) in [6, 6.07) is 17.7. The van der Waals surface area contributed by atoms with Crippen LogP contribution >= 0.6 is 11.8 Å². The second kappa shape index (κ2) is 9.32. The maximum Gasteiger partial charge on any atom is 0.248 e. The number of halogens is 1. The molecule has 0 aliphatic carbocycles. The zero-order chi connectivity index (χ0) is 22.7. The Labute approximate surface area is 190 Å². The van der Waals surface area contributed by atoms with E-state index in [0.717, 1.165) is 38.2 Å². The highest BCUT2D eigenvalue weighted by atomic mass is 32.2. The first-order chi connectivity index (χ1) is 15.5. The van der Waals surface area contributed by atoms with Crippen molar-refractivity contribution in [2.45, 2.75) is 11.8 Å². The summed E-state index contributed by atoms with van der Waals surface area (Å²) in [7, 11) is 1.58. The molecule has 4 nitrogen and oxygen atoms in total. The van der Waals surface area contributed by atoms with Crippen LogP contribution in [0.15, 0.2) is 82.3 Å². The van der Waals surface area contributed by atoms with Crippen LogP contribution in [0.3, 0.4) is 0 Å². The predicted octanol–water partition coefficient (Wildman–Crippen LogP) is 7.01. The summed E-state index contributed by atoms with van der Waals surface area (Å²) in [4.78, 5) is 13.7. The van der Waals surface area contributed by atoms with Gasteiger partial charge in [0.2, 0.25) is 5.91 Å². The molecule has 0 atom stereocenters. The topological polar surface area (TPSA) is 51.5 Å². The van der Waals surface area contributed by atoms with E-state index in [1.807, 2.05) is 43.5 Å². The van der Waals surface area contributed by atoms with Crippen molar-refractivity contribution in [1.82, 2.24) is 0 Å². The zero-order valence-corrected chi connectivity index (χ0v) is 18.8. The number of ether oxygens (including phenoxy) is 1. The van der Waals surface area contributed by atoms with E-state index in [-0.39, 0.29) is 11.7 Å². The van der Waals surface area contributed by atoms with Crippen LogP contribution in [0, 0.1) is 5.82 Å². The van der Waals surface area contributed by atoms with Gasteiger partial charge in [-0.25, -0.2) is 4.39 Å². The smallest absolute Gasteiger partial charge is 0.248 e. The molecule has 0 fully saturated rings. The van der Waals surface area contributed by atoms with Gasteiger partial charge in [0, 0.05) is 39.2 Å². The first-order valence-corrected chi connectivity index (χ1v) is 11.2. The molecule has 1 N–H and O–H groups in total. The maximum absolute atomic E-state index is 13.3. The van der Waals surface area contributed by atoms with Crippen molar-refractivity contribution in [3.63, 3.8) is 0 Å². The van der Waals surface area contributed by atoms with Gasteiger partial charge >= 0.3 is 0 Å². The lowest BCUT2D eigenvalue weighted by Gasteiger charge is -2.10. The molecule has 1 amide bonds. The number of hydrogen-bond acceptors (Lipinski definition) is 4. The highest BCUT2D eigenvalue weighted by Gasteiger charge is 2.15. The first-order valence-electron chi connectivity index (χ1n) is 9.97. The first kappa shape index (κ1) is 21.7. The summed E-state index contributed by atoms with van der Waals surface area (Å²) in [6.07, 6.45) is 5.18. The highest BCUT2D eigenvalue weighted by Crippen LogP contribution is 2.37. The SMILES string of the molecule is COc1cc2occ(-c3ccc(F)cc3)c2cc1/C(C)=C/C(=O)Nc1cccc(SC)c1. The molecule has 32 heavy (non-hydrogen) atoms. The molecular formula is C26H22FNO3S. The van der Waals surface area contributed by atoms with Gasteiger partial charge in [-0.1, -0.05) is 18.2 Å². The third kappa shape index (κ3) is 4.55. The van der Waals surface area contributed by atoms with Crippen LogP contribution < -0.4 is 10.1 Å². The monoisotopic (exact) mass is 447 g/mol. The average Bonchev–Trinajstić information content (AvgIpc) is 3.21. The second-order valence-corrected chi connectivity index (χ2v) is 8.13. The molecule has 4 rings (SSSR count). The molecule has 162 valence electrons. The van der Waals surface area contributed by atoms with Crippen molar-refractivity contribution in [3.05, 3.63) is 84.4 Å². The molecule has 0 spiro atoms. The van der Waals surface area contributed by atoms with Crippen LogP contribution in [0.1, 0.15) is 12.5 Å². The molecule has 0 radical (unpaired) electrons. The van der Waals surface area contributed by atoms with E-state index in [2.05, 4.69) is 5.32 Å². The number of carbonyl (C=O) groups is 1. The Morgan fingerprint density at radius 2 is 1.91 bits per heavy atom. The van der Waals surface area contributed by atoms with E-state index in [1.54, 1.807) is 49.4 Å². The maximum atomic E-state index is 13.3. The number of thioether (sulfide) groups is 1. The molecule has 4 aromatic rings. The Morgan fingerprint density at radius 3 is 2.62 bits per heavy atom. The van der Waals surface area contributed by atoms with Gasteiger partial charge in [-0.3, -0.25) is 4.79 Å². The largest absolute Gasteiger partial charge is 0.496 e. The van der Waals surface area contributed by atoms with Gasteiger partial charge in [-0.2, -0.15) is 0 Å². The number of rotatable bonds is 6. The number of hydrogen-bond donors (Lipinski definition) is 1. The molecule has 0 aliphatic rings. The fourth-order valence-electron chi connectivity index (χ4n) is 3.54. The quantitative estimate of drug-likeness (QED) is 0.255. The molecule has 3 aromatic carbocycles. The normalized spacial score (nSPS) is 11.6. The Kier molecular flexibility index (Phi) is 6.32. The summed E-state index contributed by atoms with van der Waals surface area (Å²) in [5.41, 5.74) is 4.59. The van der Waals surface area contributed by atoms with Gasteiger partial charge < -0.3 is 14.5 Å². The van der Waals surface area contributed by atoms with Crippen molar-refractivity contribution in [1.29, 1.82) is 0 Å². The third-order valence-electron chi connectivity index (χ3n) is 5.16. The summed E-state index contributed by atoms with van der Waals surface area (Å²) in [5, 5.41) is 3.76. The molecule has 0 saturated carbocycles. The number of fused-ring (bicyclic) bond motifs is 1. The highest BCUT2D eigenvalue weighted by molar-refractivity contribution is 7.98. The third-order valence-corrected chi connectivity index (χ3v) is 5.89. The minimum Gasteiger partial charge on any atom is -0.496 e. The predicted molar refractivity (Wildman–Crippen MR) is 129 cm³/mol. The lowest BCUT2D eigenvalue weighted by atomic mass is 9.99. The molecule has 0 unspecified atom stereocenters. The molecule has 0 saturated heterocycles. The van der Waals surface area contributed by atoms with E-state index >= 15 is 0 Å². The Bertz CT molecular complexity index is 1310. The number of methoxy groups -OCH3 is 1. The Hall–Kier alpha value is -3.51. The number of allylic oxidation sites excluding steroid dienone is 1. The molecule has 6 heteroatoms. The summed E-state index contributed by atoms with van der Waals surface area (Å²) < 4.78 is 24.6. The Balaban J connectivity index is 1.69. The summed E-state index contributed by atoms with van der Waals surface area (Å²) in [5.74, 6) is 0.0778. The van der Waals surface area contributed by atoms with Gasteiger partial charge in [0.15, 0.2) is 0 Å². The zero-order valence-electron chi connectivity index (χ0n) is 17.9. The van der Waals surface area contributed by atoms with Crippen LogP contribution in [-0.2, 0) is 4.79 Å². The van der Waals surface area contributed by atoms with Gasteiger partial charge in [0.1, 0.15) is 17.1 Å². The molecule has 1 heterocycles. The number of amides is 1. The van der Waals surface area contributed by atoms with Gasteiger partial charge in [-0.15, -0.1) is 11.8 Å². The summed E-state index contributed by atoms with van der Waals surface area (Å²) in [6.45, 7) is 1.86. The molecule has 0 bridgehead atoms. The number of furan rings is 1. The van der Waals surface area contributed by atoms with Crippen LogP contribution in [0.25, 0.3) is 27.7 Å². The minimum atomic E-state index is -0.295. The van der Waals surface area contributed by atoms with Gasteiger partial charge in [0.25, 0.3) is 0 Å². The number of nitrogens with one attached hydrogen (secondary N) is 1. The van der Waals surface area contributed by atoms with Crippen molar-refractivity contribution >= 4 is 39.9 Å². The lowest BCUT2D eigenvalue weighted by molar-refractivity contribution is -0.111. The van der Waals surface area contributed by atoms with Crippen LogP contribution in [0.4, 0.5) is 10.1 Å². The van der Waals surface area contributed by atoms with Crippen molar-refractivity contribution < 1.29 is 18.3 Å².